The predicted molar refractivity (Wildman–Crippen MR) is 77.2 cm³/mol. The summed E-state index contributed by atoms with van der Waals surface area (Å²) in [5.41, 5.74) is 1.27. The maximum absolute atomic E-state index is 6.00. The van der Waals surface area contributed by atoms with Gasteiger partial charge in [0.1, 0.15) is 0 Å². The predicted octanol–water partition coefficient (Wildman–Crippen LogP) is 2.29. The van der Waals surface area contributed by atoms with E-state index >= 15 is 0 Å². The lowest BCUT2D eigenvalue weighted by molar-refractivity contribution is -0.0509. The molecule has 1 saturated carbocycles. The van der Waals surface area contributed by atoms with Gasteiger partial charge in [0.05, 0.1) is 11.8 Å². The minimum atomic E-state index is -0.0128. The Morgan fingerprint density at radius 2 is 2.05 bits per heavy atom. The number of hydrogen-bond acceptors (Lipinski definition) is 3. The Morgan fingerprint density at radius 1 is 1.37 bits per heavy atom. The maximum Gasteiger partial charge on any atom is 0.0834 e. The molecule has 0 aromatic carbocycles. The summed E-state index contributed by atoms with van der Waals surface area (Å²) in [5, 5.41) is 7.75. The molecule has 1 atom stereocenters. The lowest BCUT2D eigenvalue weighted by Gasteiger charge is -2.39. The summed E-state index contributed by atoms with van der Waals surface area (Å²) >= 11 is 0. The van der Waals surface area contributed by atoms with Crippen molar-refractivity contribution in [3.63, 3.8) is 0 Å². The SMILES string of the molecule is CNC(Cc1cnn(C)c1)C1(OC)CCCCCC1. The number of ether oxygens (including phenoxy) is 1. The van der Waals surface area contributed by atoms with E-state index in [0.29, 0.717) is 6.04 Å². The van der Waals surface area contributed by atoms with E-state index in [2.05, 4.69) is 16.6 Å². The molecule has 1 unspecified atom stereocenters. The van der Waals surface area contributed by atoms with Crippen molar-refractivity contribution in [3.8, 4) is 0 Å². The van der Waals surface area contributed by atoms with Gasteiger partial charge in [-0.1, -0.05) is 25.7 Å². The van der Waals surface area contributed by atoms with E-state index in [9.17, 15) is 0 Å². The molecule has 2 rings (SSSR count). The highest BCUT2D eigenvalue weighted by Crippen LogP contribution is 2.34. The van der Waals surface area contributed by atoms with Gasteiger partial charge in [0.15, 0.2) is 0 Å². The molecule has 1 aliphatic carbocycles. The Hall–Kier alpha value is -0.870. The molecule has 0 aliphatic heterocycles. The Morgan fingerprint density at radius 3 is 2.53 bits per heavy atom. The zero-order chi connectivity index (χ0) is 13.7. The number of nitrogens with zero attached hydrogens (tertiary/aromatic N) is 2. The van der Waals surface area contributed by atoms with E-state index < -0.39 is 0 Å². The minimum Gasteiger partial charge on any atom is -0.377 e. The largest absolute Gasteiger partial charge is 0.377 e. The first kappa shape index (κ1) is 14.5. The number of hydrogen-bond donors (Lipinski definition) is 1. The van der Waals surface area contributed by atoms with Gasteiger partial charge in [-0.05, 0) is 31.9 Å². The molecule has 108 valence electrons. The van der Waals surface area contributed by atoms with Crippen LogP contribution in [0.4, 0.5) is 0 Å². The fraction of sp³-hybridized carbons (Fsp3) is 0.800. The third-order valence-corrected chi connectivity index (χ3v) is 4.54. The summed E-state index contributed by atoms with van der Waals surface area (Å²) in [6, 6.07) is 0.361. The summed E-state index contributed by atoms with van der Waals surface area (Å²) < 4.78 is 7.87. The van der Waals surface area contributed by atoms with Crippen LogP contribution in [0.1, 0.15) is 44.1 Å². The topological polar surface area (TPSA) is 39.1 Å². The first-order valence-electron chi connectivity index (χ1n) is 7.40. The number of methoxy groups -OCH3 is 1. The third-order valence-electron chi connectivity index (χ3n) is 4.54. The van der Waals surface area contributed by atoms with Crippen LogP contribution in [-0.4, -0.2) is 35.6 Å². The molecule has 4 heteroatoms. The Balaban J connectivity index is 2.12. The number of aromatic nitrogens is 2. The summed E-state index contributed by atoms with van der Waals surface area (Å²) in [5.74, 6) is 0. The van der Waals surface area contributed by atoms with Crippen LogP contribution in [0.5, 0.6) is 0 Å². The highest BCUT2D eigenvalue weighted by Gasteiger charge is 2.38. The minimum absolute atomic E-state index is 0.0128. The summed E-state index contributed by atoms with van der Waals surface area (Å²) in [7, 11) is 5.89. The molecule has 0 amide bonds. The lowest BCUT2D eigenvalue weighted by atomic mass is 9.83. The van der Waals surface area contributed by atoms with E-state index in [1.54, 1.807) is 0 Å². The molecule has 0 bridgehead atoms. The van der Waals surface area contributed by atoms with Crippen molar-refractivity contribution in [1.82, 2.24) is 15.1 Å². The van der Waals surface area contributed by atoms with Crippen LogP contribution in [0.3, 0.4) is 0 Å². The molecule has 4 nitrogen and oxygen atoms in total. The Bertz CT molecular complexity index is 380. The molecule has 1 aromatic rings. The van der Waals surface area contributed by atoms with E-state index in [-0.39, 0.29) is 5.60 Å². The smallest absolute Gasteiger partial charge is 0.0834 e. The zero-order valence-corrected chi connectivity index (χ0v) is 12.5. The molecule has 1 aromatic heterocycles. The first-order chi connectivity index (χ1) is 9.20. The number of likely N-dealkylation sites (N-methyl/N-ethyl adjacent to an activating group) is 1. The van der Waals surface area contributed by atoms with E-state index in [4.69, 9.17) is 4.74 Å². The van der Waals surface area contributed by atoms with Crippen molar-refractivity contribution < 1.29 is 4.74 Å². The molecule has 0 spiro atoms. The van der Waals surface area contributed by atoms with E-state index in [0.717, 1.165) is 19.3 Å². The van der Waals surface area contributed by atoms with Gasteiger partial charge in [-0.25, -0.2) is 0 Å². The van der Waals surface area contributed by atoms with Gasteiger partial charge in [0, 0.05) is 26.4 Å². The van der Waals surface area contributed by atoms with E-state index in [1.165, 1.54) is 31.2 Å². The fourth-order valence-electron chi connectivity index (χ4n) is 3.39. The van der Waals surface area contributed by atoms with Crippen molar-refractivity contribution in [2.24, 2.45) is 7.05 Å². The van der Waals surface area contributed by atoms with Gasteiger partial charge in [0.25, 0.3) is 0 Å². The molecule has 1 aliphatic rings. The van der Waals surface area contributed by atoms with Crippen LogP contribution in [0.15, 0.2) is 12.4 Å². The van der Waals surface area contributed by atoms with Crippen LogP contribution in [-0.2, 0) is 18.2 Å². The number of nitrogens with one attached hydrogen (secondary N) is 1. The summed E-state index contributed by atoms with van der Waals surface area (Å²) in [6.45, 7) is 0. The van der Waals surface area contributed by atoms with Gasteiger partial charge in [-0.3, -0.25) is 4.68 Å². The molecule has 1 fully saturated rings. The van der Waals surface area contributed by atoms with Gasteiger partial charge in [-0.15, -0.1) is 0 Å². The fourth-order valence-corrected chi connectivity index (χ4v) is 3.39. The van der Waals surface area contributed by atoms with Crippen LogP contribution >= 0.6 is 0 Å². The molecule has 19 heavy (non-hydrogen) atoms. The highest BCUT2D eigenvalue weighted by molar-refractivity contribution is 5.09. The van der Waals surface area contributed by atoms with Gasteiger partial charge in [-0.2, -0.15) is 5.10 Å². The highest BCUT2D eigenvalue weighted by atomic mass is 16.5. The van der Waals surface area contributed by atoms with E-state index in [1.807, 2.05) is 32.1 Å². The standard InChI is InChI=1S/C15H27N3O/c1-16-14(10-13-11-17-18(2)12-13)15(19-3)8-6-4-5-7-9-15/h11-12,14,16H,4-10H2,1-3H3. The lowest BCUT2D eigenvalue weighted by Crippen LogP contribution is -2.52. The summed E-state index contributed by atoms with van der Waals surface area (Å²) in [4.78, 5) is 0. The van der Waals surface area contributed by atoms with Crippen molar-refractivity contribution in [2.75, 3.05) is 14.2 Å². The third kappa shape index (κ3) is 3.37. The molecular weight excluding hydrogens is 238 g/mol. The van der Waals surface area contributed by atoms with Gasteiger partial charge < -0.3 is 10.1 Å². The number of aryl methyl sites for hydroxylation is 1. The molecule has 1 N–H and O–H groups in total. The first-order valence-corrected chi connectivity index (χ1v) is 7.40. The van der Waals surface area contributed by atoms with Gasteiger partial charge >= 0.3 is 0 Å². The van der Waals surface area contributed by atoms with Crippen molar-refractivity contribution in [3.05, 3.63) is 18.0 Å². The second-order valence-electron chi connectivity index (χ2n) is 5.75. The van der Waals surface area contributed by atoms with Gasteiger partial charge in [0.2, 0.25) is 0 Å². The number of rotatable bonds is 5. The second kappa shape index (κ2) is 6.53. The molecule has 0 saturated heterocycles. The normalized spacial score (nSPS) is 21.0. The summed E-state index contributed by atoms with van der Waals surface area (Å²) in [6.07, 6.45) is 12.6. The molecule has 0 radical (unpaired) electrons. The van der Waals surface area contributed by atoms with Crippen LogP contribution in [0.25, 0.3) is 0 Å². The maximum atomic E-state index is 6.00. The van der Waals surface area contributed by atoms with Crippen molar-refractivity contribution in [2.45, 2.75) is 56.6 Å². The van der Waals surface area contributed by atoms with Crippen LogP contribution < -0.4 is 5.32 Å². The van der Waals surface area contributed by atoms with Crippen LogP contribution in [0, 0.1) is 0 Å². The van der Waals surface area contributed by atoms with Crippen molar-refractivity contribution in [1.29, 1.82) is 0 Å². The average Bonchev–Trinajstić information content (AvgIpc) is 2.69. The average molecular weight is 265 g/mol. The Kier molecular flexibility index (Phi) is 4.99. The monoisotopic (exact) mass is 265 g/mol. The zero-order valence-electron chi connectivity index (χ0n) is 12.5. The Labute approximate surface area is 116 Å². The molecule has 1 heterocycles. The second-order valence-corrected chi connectivity index (χ2v) is 5.75. The molecular formula is C15H27N3O. The van der Waals surface area contributed by atoms with Crippen molar-refractivity contribution >= 4 is 0 Å². The quantitative estimate of drug-likeness (QED) is 0.830. The van der Waals surface area contributed by atoms with Crippen LogP contribution in [0.2, 0.25) is 0 Å².